The van der Waals surface area contributed by atoms with Crippen molar-refractivity contribution in [2.24, 2.45) is 5.92 Å². The molecule has 0 bridgehead atoms. The average molecular weight is 211 g/mol. The van der Waals surface area contributed by atoms with E-state index in [0.717, 1.165) is 12.8 Å². The molecular weight excluding hydrogens is 194 g/mol. The van der Waals surface area contributed by atoms with Gasteiger partial charge in [-0.05, 0) is 19.8 Å². The predicted molar refractivity (Wildman–Crippen MR) is 54.3 cm³/mol. The number of carbonyl (C=O) groups is 2. The number of ether oxygens (including phenoxy) is 1. The van der Waals surface area contributed by atoms with Crippen molar-refractivity contribution >= 4 is 11.7 Å². The van der Waals surface area contributed by atoms with Gasteiger partial charge < -0.3 is 9.64 Å². The minimum Gasteiger partial charge on any atom is -0.381 e. The smallest absolute Gasteiger partial charge is 0.223 e. The van der Waals surface area contributed by atoms with Crippen LogP contribution in [0.25, 0.3) is 0 Å². The van der Waals surface area contributed by atoms with Gasteiger partial charge in [-0.1, -0.05) is 0 Å². The van der Waals surface area contributed by atoms with E-state index in [1.54, 1.807) is 4.90 Å². The van der Waals surface area contributed by atoms with E-state index in [4.69, 9.17) is 4.74 Å². The van der Waals surface area contributed by atoms with Gasteiger partial charge in [-0.25, -0.2) is 0 Å². The van der Waals surface area contributed by atoms with Crippen molar-refractivity contribution in [2.75, 3.05) is 19.8 Å². The molecule has 0 aromatic carbocycles. The van der Waals surface area contributed by atoms with Crippen LogP contribution in [0.4, 0.5) is 0 Å². The molecule has 4 heteroatoms. The van der Waals surface area contributed by atoms with E-state index in [0.29, 0.717) is 19.6 Å². The Kier molecular flexibility index (Phi) is 3.05. The molecule has 84 valence electrons. The van der Waals surface area contributed by atoms with Gasteiger partial charge in [0.2, 0.25) is 5.91 Å². The minimum absolute atomic E-state index is 0.0191. The Hall–Kier alpha value is -0.900. The number of likely N-dealkylation sites (tertiary alicyclic amines) is 1. The van der Waals surface area contributed by atoms with Crippen molar-refractivity contribution < 1.29 is 14.3 Å². The van der Waals surface area contributed by atoms with Crippen LogP contribution in [0, 0.1) is 5.92 Å². The number of hydrogen-bond acceptors (Lipinski definition) is 3. The fourth-order valence-corrected chi connectivity index (χ4v) is 2.21. The molecule has 2 aliphatic rings. The van der Waals surface area contributed by atoms with Gasteiger partial charge in [-0.2, -0.15) is 0 Å². The lowest BCUT2D eigenvalue weighted by molar-refractivity contribution is -0.134. The van der Waals surface area contributed by atoms with Crippen LogP contribution < -0.4 is 0 Å². The zero-order valence-corrected chi connectivity index (χ0v) is 9.07. The molecule has 1 amide bonds. The SMILES string of the molecule is CC1CCC(=O)N1CC(=O)C1CCOC1. The molecule has 0 spiro atoms. The maximum atomic E-state index is 11.8. The molecule has 2 saturated heterocycles. The summed E-state index contributed by atoms with van der Waals surface area (Å²) in [6.07, 6.45) is 2.29. The molecule has 0 aromatic rings. The summed E-state index contributed by atoms with van der Waals surface area (Å²) >= 11 is 0. The first kappa shape index (κ1) is 10.6. The Morgan fingerprint density at radius 3 is 2.87 bits per heavy atom. The van der Waals surface area contributed by atoms with E-state index in [-0.39, 0.29) is 30.2 Å². The van der Waals surface area contributed by atoms with Gasteiger partial charge in [0, 0.05) is 25.0 Å². The molecule has 4 nitrogen and oxygen atoms in total. The van der Waals surface area contributed by atoms with Gasteiger partial charge in [0.15, 0.2) is 5.78 Å². The first-order chi connectivity index (χ1) is 7.18. The molecule has 0 aromatic heterocycles. The van der Waals surface area contributed by atoms with Gasteiger partial charge in [0.25, 0.3) is 0 Å². The van der Waals surface area contributed by atoms with Crippen molar-refractivity contribution in [3.05, 3.63) is 0 Å². The largest absolute Gasteiger partial charge is 0.381 e. The van der Waals surface area contributed by atoms with Crippen LogP contribution in [-0.2, 0) is 14.3 Å². The average Bonchev–Trinajstić information content (AvgIpc) is 2.82. The number of ketones is 1. The maximum absolute atomic E-state index is 11.8. The number of amides is 1. The van der Waals surface area contributed by atoms with Crippen molar-refractivity contribution in [3.8, 4) is 0 Å². The highest BCUT2D eigenvalue weighted by molar-refractivity contribution is 5.88. The summed E-state index contributed by atoms with van der Waals surface area (Å²) in [5.74, 6) is 0.301. The fraction of sp³-hybridized carbons (Fsp3) is 0.818. The third-order valence-electron chi connectivity index (χ3n) is 3.34. The molecule has 2 rings (SSSR count). The summed E-state index contributed by atoms with van der Waals surface area (Å²) in [5, 5.41) is 0. The first-order valence-electron chi connectivity index (χ1n) is 5.58. The summed E-state index contributed by atoms with van der Waals surface area (Å²) < 4.78 is 5.17. The number of nitrogens with zero attached hydrogens (tertiary/aromatic N) is 1. The minimum atomic E-state index is 0.0191. The molecule has 2 heterocycles. The highest BCUT2D eigenvalue weighted by Crippen LogP contribution is 2.20. The van der Waals surface area contributed by atoms with Crippen LogP contribution in [0.3, 0.4) is 0 Å². The standard InChI is InChI=1S/C11H17NO3/c1-8-2-3-11(14)12(8)6-10(13)9-4-5-15-7-9/h8-9H,2-7H2,1H3. The highest BCUT2D eigenvalue weighted by Gasteiger charge is 2.32. The molecule has 0 radical (unpaired) electrons. The molecule has 2 unspecified atom stereocenters. The van der Waals surface area contributed by atoms with E-state index in [9.17, 15) is 9.59 Å². The van der Waals surface area contributed by atoms with E-state index >= 15 is 0 Å². The lowest BCUT2D eigenvalue weighted by Crippen LogP contribution is -2.38. The van der Waals surface area contributed by atoms with Crippen LogP contribution in [-0.4, -0.2) is 42.4 Å². The van der Waals surface area contributed by atoms with Gasteiger partial charge in [-0.3, -0.25) is 9.59 Å². The molecule has 15 heavy (non-hydrogen) atoms. The normalized spacial score (nSPS) is 31.3. The maximum Gasteiger partial charge on any atom is 0.223 e. The summed E-state index contributed by atoms with van der Waals surface area (Å²) in [7, 11) is 0. The fourth-order valence-electron chi connectivity index (χ4n) is 2.21. The second kappa shape index (κ2) is 4.31. The van der Waals surface area contributed by atoms with Crippen LogP contribution in [0.2, 0.25) is 0 Å². The van der Waals surface area contributed by atoms with E-state index < -0.39 is 0 Å². The van der Waals surface area contributed by atoms with Crippen LogP contribution in [0.5, 0.6) is 0 Å². The molecule has 0 N–H and O–H groups in total. The van der Waals surface area contributed by atoms with Gasteiger partial charge in [-0.15, -0.1) is 0 Å². The molecule has 0 saturated carbocycles. The summed E-state index contributed by atoms with van der Waals surface area (Å²) in [5.41, 5.74) is 0. The Bertz CT molecular complexity index is 271. The van der Waals surface area contributed by atoms with Gasteiger partial charge >= 0.3 is 0 Å². The summed E-state index contributed by atoms with van der Waals surface area (Å²) in [4.78, 5) is 25.0. The van der Waals surface area contributed by atoms with Crippen molar-refractivity contribution in [2.45, 2.75) is 32.2 Å². The third-order valence-corrected chi connectivity index (χ3v) is 3.34. The Labute approximate surface area is 89.6 Å². The Morgan fingerprint density at radius 2 is 2.33 bits per heavy atom. The summed E-state index contributed by atoms with van der Waals surface area (Å²) in [6.45, 7) is 3.51. The number of hydrogen-bond donors (Lipinski definition) is 0. The molecule has 2 fully saturated rings. The van der Waals surface area contributed by atoms with Crippen molar-refractivity contribution in [1.82, 2.24) is 4.90 Å². The van der Waals surface area contributed by atoms with E-state index in [1.807, 2.05) is 6.92 Å². The van der Waals surface area contributed by atoms with Crippen molar-refractivity contribution in [3.63, 3.8) is 0 Å². The van der Waals surface area contributed by atoms with Crippen LogP contribution in [0.15, 0.2) is 0 Å². The molecule has 0 aliphatic carbocycles. The zero-order valence-electron chi connectivity index (χ0n) is 9.07. The van der Waals surface area contributed by atoms with Crippen molar-refractivity contribution in [1.29, 1.82) is 0 Å². The van der Waals surface area contributed by atoms with Crippen LogP contribution in [0.1, 0.15) is 26.2 Å². The Balaban J connectivity index is 1.90. The number of carbonyl (C=O) groups excluding carboxylic acids is 2. The lowest BCUT2D eigenvalue weighted by atomic mass is 10.0. The number of Topliss-reactive ketones (excluding diaryl/α,β-unsaturated/α-hetero) is 1. The topological polar surface area (TPSA) is 46.6 Å². The molecule has 2 atom stereocenters. The lowest BCUT2D eigenvalue weighted by Gasteiger charge is -2.21. The number of rotatable bonds is 3. The zero-order chi connectivity index (χ0) is 10.8. The van der Waals surface area contributed by atoms with E-state index in [2.05, 4.69) is 0 Å². The highest BCUT2D eigenvalue weighted by atomic mass is 16.5. The van der Waals surface area contributed by atoms with Gasteiger partial charge in [0.1, 0.15) is 0 Å². The summed E-state index contributed by atoms with van der Waals surface area (Å²) in [6, 6.07) is 0.226. The van der Waals surface area contributed by atoms with Gasteiger partial charge in [0.05, 0.1) is 13.2 Å². The monoisotopic (exact) mass is 211 g/mol. The van der Waals surface area contributed by atoms with E-state index in [1.165, 1.54) is 0 Å². The molecule has 2 aliphatic heterocycles. The third kappa shape index (κ3) is 2.20. The second-order valence-electron chi connectivity index (χ2n) is 4.44. The Morgan fingerprint density at radius 1 is 1.53 bits per heavy atom. The predicted octanol–water partition coefficient (Wildman–Crippen LogP) is 0.603. The quantitative estimate of drug-likeness (QED) is 0.687. The second-order valence-corrected chi connectivity index (χ2v) is 4.44. The molecular formula is C11H17NO3. The van der Waals surface area contributed by atoms with Crippen LogP contribution >= 0.6 is 0 Å². The first-order valence-corrected chi connectivity index (χ1v) is 5.58.